The summed E-state index contributed by atoms with van der Waals surface area (Å²) >= 11 is 0. The molecule has 0 saturated heterocycles. The zero-order valence-corrected chi connectivity index (χ0v) is 13.0. The van der Waals surface area contributed by atoms with Gasteiger partial charge in [-0.15, -0.1) is 11.8 Å². The van der Waals surface area contributed by atoms with E-state index in [1.165, 1.54) is 44.6 Å². The van der Waals surface area contributed by atoms with E-state index in [4.69, 9.17) is 5.11 Å². The molecule has 0 spiro atoms. The molecule has 0 fully saturated rings. The van der Waals surface area contributed by atoms with Crippen molar-refractivity contribution in [2.75, 3.05) is 0 Å². The molecule has 0 atom stereocenters. The van der Waals surface area contributed by atoms with Crippen LogP contribution in [0.5, 0.6) is 0 Å². The average molecular weight is 278 g/mol. The molecular formula is C18H30O2. The Labute approximate surface area is 124 Å². The molecule has 0 heterocycles. The van der Waals surface area contributed by atoms with Gasteiger partial charge in [-0.2, -0.15) is 0 Å². The van der Waals surface area contributed by atoms with Crippen LogP contribution in [0, 0.1) is 11.8 Å². The number of carboxylic acid groups (broad SMARTS) is 1. The van der Waals surface area contributed by atoms with E-state index in [-0.39, 0.29) is 0 Å². The smallest absolute Gasteiger partial charge is 0.327 e. The molecule has 0 radical (unpaired) electrons. The van der Waals surface area contributed by atoms with Gasteiger partial charge in [0, 0.05) is 18.9 Å². The van der Waals surface area contributed by atoms with E-state index in [9.17, 15) is 4.79 Å². The van der Waals surface area contributed by atoms with Crippen LogP contribution in [0.15, 0.2) is 12.2 Å². The summed E-state index contributed by atoms with van der Waals surface area (Å²) in [4.78, 5) is 10.2. The van der Waals surface area contributed by atoms with Crippen molar-refractivity contribution >= 4 is 5.97 Å². The first kappa shape index (κ1) is 18.8. The van der Waals surface area contributed by atoms with Gasteiger partial charge in [-0.25, -0.2) is 4.79 Å². The van der Waals surface area contributed by atoms with E-state index >= 15 is 0 Å². The van der Waals surface area contributed by atoms with Crippen LogP contribution in [-0.4, -0.2) is 11.1 Å². The molecule has 0 rings (SSSR count). The number of carboxylic acids is 1. The maximum absolute atomic E-state index is 10.2. The van der Waals surface area contributed by atoms with Crippen LogP contribution >= 0.6 is 0 Å². The number of hydrogen-bond acceptors (Lipinski definition) is 1. The maximum atomic E-state index is 10.2. The molecule has 20 heavy (non-hydrogen) atoms. The fourth-order valence-corrected chi connectivity index (χ4v) is 2.01. The average Bonchev–Trinajstić information content (AvgIpc) is 2.43. The van der Waals surface area contributed by atoms with Gasteiger partial charge < -0.3 is 5.11 Å². The summed E-state index contributed by atoms with van der Waals surface area (Å²) in [6.45, 7) is 2.24. The molecular weight excluding hydrogens is 248 g/mol. The Hall–Kier alpha value is -1.23. The molecule has 114 valence electrons. The molecule has 0 aromatic carbocycles. The number of rotatable bonds is 12. The molecule has 2 heteroatoms. The molecule has 0 aliphatic heterocycles. The third-order valence-electron chi connectivity index (χ3n) is 3.21. The normalized spacial score (nSPS) is 10.4. The van der Waals surface area contributed by atoms with E-state index in [1.54, 1.807) is 6.08 Å². The lowest BCUT2D eigenvalue weighted by Gasteiger charge is -1.96. The van der Waals surface area contributed by atoms with Crippen molar-refractivity contribution in [1.82, 2.24) is 0 Å². The van der Waals surface area contributed by atoms with Crippen LogP contribution in [0.25, 0.3) is 0 Å². The third kappa shape index (κ3) is 16.8. The predicted molar refractivity (Wildman–Crippen MR) is 85.6 cm³/mol. The second-order valence-corrected chi connectivity index (χ2v) is 5.21. The lowest BCUT2D eigenvalue weighted by molar-refractivity contribution is -0.131. The highest BCUT2D eigenvalue weighted by Gasteiger charge is 1.89. The number of aliphatic carboxylic acids is 1. The standard InChI is InChI=1S/C18H30O2/c1-2-3-4-5-6-7-8-9-10-11-12-13-14-15-16-17-18(19)20/h16-17H,2-8,11-15H2,1H3,(H,19,20)/b17-16-. The zero-order valence-electron chi connectivity index (χ0n) is 13.0. The number of carbonyl (C=O) groups is 1. The zero-order chi connectivity index (χ0) is 14.9. The minimum atomic E-state index is -0.856. The van der Waals surface area contributed by atoms with E-state index in [2.05, 4.69) is 18.8 Å². The first-order valence-corrected chi connectivity index (χ1v) is 8.12. The molecule has 0 aromatic heterocycles. The topological polar surface area (TPSA) is 37.3 Å². The fraction of sp³-hybridized carbons (Fsp3) is 0.722. The molecule has 0 amide bonds. The van der Waals surface area contributed by atoms with Crippen molar-refractivity contribution in [3.8, 4) is 11.8 Å². The van der Waals surface area contributed by atoms with E-state index in [1.807, 2.05) is 0 Å². The summed E-state index contributed by atoms with van der Waals surface area (Å²) in [5, 5.41) is 8.41. The summed E-state index contributed by atoms with van der Waals surface area (Å²) in [6, 6.07) is 0. The summed E-state index contributed by atoms with van der Waals surface area (Å²) in [7, 11) is 0. The number of allylic oxidation sites excluding steroid dienone is 1. The Bertz CT molecular complexity index is 307. The van der Waals surface area contributed by atoms with Crippen LogP contribution in [-0.2, 0) is 4.79 Å². The van der Waals surface area contributed by atoms with Crippen LogP contribution in [0.2, 0.25) is 0 Å². The van der Waals surface area contributed by atoms with Gasteiger partial charge in [0.15, 0.2) is 0 Å². The number of unbranched alkanes of at least 4 members (excludes halogenated alkanes) is 10. The minimum Gasteiger partial charge on any atom is -0.478 e. The Kier molecular flexibility index (Phi) is 14.9. The van der Waals surface area contributed by atoms with Gasteiger partial charge in [0.2, 0.25) is 0 Å². The second-order valence-electron chi connectivity index (χ2n) is 5.21. The van der Waals surface area contributed by atoms with Crippen molar-refractivity contribution in [3.05, 3.63) is 12.2 Å². The third-order valence-corrected chi connectivity index (χ3v) is 3.21. The minimum absolute atomic E-state index is 0.856. The summed E-state index contributed by atoms with van der Waals surface area (Å²) in [6.07, 6.45) is 17.2. The van der Waals surface area contributed by atoms with E-state index in [0.29, 0.717) is 0 Å². The van der Waals surface area contributed by atoms with E-state index in [0.717, 1.165) is 38.5 Å². The van der Waals surface area contributed by atoms with Crippen molar-refractivity contribution in [1.29, 1.82) is 0 Å². The highest BCUT2D eigenvalue weighted by Crippen LogP contribution is 2.06. The van der Waals surface area contributed by atoms with Gasteiger partial charge in [-0.1, -0.05) is 51.5 Å². The Morgan fingerprint density at radius 1 is 0.900 bits per heavy atom. The molecule has 1 N–H and O–H groups in total. The maximum Gasteiger partial charge on any atom is 0.327 e. The van der Waals surface area contributed by atoms with Crippen LogP contribution < -0.4 is 0 Å². The van der Waals surface area contributed by atoms with Crippen molar-refractivity contribution in [3.63, 3.8) is 0 Å². The number of hydrogen-bond donors (Lipinski definition) is 1. The van der Waals surface area contributed by atoms with Gasteiger partial charge in [0.05, 0.1) is 0 Å². The molecule has 0 aliphatic rings. The van der Waals surface area contributed by atoms with Crippen LogP contribution in [0.4, 0.5) is 0 Å². The Morgan fingerprint density at radius 2 is 1.45 bits per heavy atom. The SMILES string of the molecule is CCCCCCCCC#CCCCCC/C=C\C(=O)O. The van der Waals surface area contributed by atoms with Gasteiger partial charge in [0.1, 0.15) is 0 Å². The fourth-order valence-electron chi connectivity index (χ4n) is 2.01. The molecule has 0 aliphatic carbocycles. The highest BCUT2D eigenvalue weighted by molar-refractivity contribution is 5.79. The van der Waals surface area contributed by atoms with Gasteiger partial charge in [0.25, 0.3) is 0 Å². The predicted octanol–water partition coefficient (Wildman–Crippen LogP) is 5.33. The van der Waals surface area contributed by atoms with Crippen LogP contribution in [0.1, 0.15) is 84.0 Å². The van der Waals surface area contributed by atoms with Crippen molar-refractivity contribution in [2.45, 2.75) is 84.0 Å². The van der Waals surface area contributed by atoms with Crippen molar-refractivity contribution in [2.24, 2.45) is 0 Å². The van der Waals surface area contributed by atoms with E-state index < -0.39 is 5.97 Å². The van der Waals surface area contributed by atoms with Crippen LogP contribution in [0.3, 0.4) is 0 Å². The Morgan fingerprint density at radius 3 is 2.05 bits per heavy atom. The highest BCUT2D eigenvalue weighted by atomic mass is 16.4. The molecule has 0 unspecified atom stereocenters. The molecule has 0 bridgehead atoms. The summed E-state index contributed by atoms with van der Waals surface area (Å²) in [5.74, 6) is 5.63. The first-order chi connectivity index (χ1) is 9.77. The largest absolute Gasteiger partial charge is 0.478 e. The molecule has 0 aromatic rings. The van der Waals surface area contributed by atoms with Gasteiger partial charge in [-0.05, 0) is 25.7 Å². The quantitative estimate of drug-likeness (QED) is 0.297. The monoisotopic (exact) mass is 278 g/mol. The first-order valence-electron chi connectivity index (χ1n) is 8.12. The molecule has 0 saturated carbocycles. The Balaban J connectivity index is 3.19. The lowest BCUT2D eigenvalue weighted by atomic mass is 10.1. The lowest BCUT2D eigenvalue weighted by Crippen LogP contribution is -1.85. The summed E-state index contributed by atoms with van der Waals surface area (Å²) < 4.78 is 0. The van der Waals surface area contributed by atoms with Gasteiger partial charge >= 0.3 is 5.97 Å². The second kappa shape index (κ2) is 15.8. The summed E-state index contributed by atoms with van der Waals surface area (Å²) in [5.41, 5.74) is 0. The molecule has 2 nitrogen and oxygen atoms in total. The van der Waals surface area contributed by atoms with Crippen molar-refractivity contribution < 1.29 is 9.90 Å². The van der Waals surface area contributed by atoms with Gasteiger partial charge in [-0.3, -0.25) is 0 Å².